The van der Waals surface area contributed by atoms with Gasteiger partial charge in [-0.2, -0.15) is 0 Å². The third-order valence-electron chi connectivity index (χ3n) is 3.10. The highest BCUT2D eigenvalue weighted by Crippen LogP contribution is 2.21. The smallest absolute Gasteiger partial charge is 0.146 e. The summed E-state index contributed by atoms with van der Waals surface area (Å²) in [4.78, 5) is 2.31. The third kappa shape index (κ3) is 2.54. The van der Waals surface area contributed by atoms with Crippen molar-refractivity contribution in [2.45, 2.75) is 31.9 Å². The van der Waals surface area contributed by atoms with Crippen molar-refractivity contribution in [1.29, 1.82) is 0 Å². The molecule has 84 valence electrons. The van der Waals surface area contributed by atoms with Crippen LogP contribution in [0, 0.1) is 0 Å². The Balaban J connectivity index is 1.90. The normalized spacial score (nSPS) is 21.8. The quantitative estimate of drug-likeness (QED) is 0.755. The molecule has 5 heteroatoms. The molecule has 1 saturated heterocycles. The summed E-state index contributed by atoms with van der Waals surface area (Å²) in [5, 5.41) is 17.7. The summed E-state index contributed by atoms with van der Waals surface area (Å²) in [5.41, 5.74) is -0.476. The highest BCUT2D eigenvalue weighted by Gasteiger charge is 2.27. The zero-order chi connectivity index (χ0) is 10.9. The number of piperidine rings is 1. The van der Waals surface area contributed by atoms with Gasteiger partial charge in [0.25, 0.3) is 0 Å². The number of nitrogens with zero attached hydrogens (tertiary/aromatic N) is 4. The fourth-order valence-electron chi connectivity index (χ4n) is 1.84. The Labute approximate surface area is 89.7 Å². The molecule has 0 bridgehead atoms. The SMILES string of the molecule is Cn1cnnc1CN1CCC(C)(O)CC1. The van der Waals surface area contributed by atoms with Crippen molar-refractivity contribution >= 4 is 0 Å². The van der Waals surface area contributed by atoms with Crippen molar-refractivity contribution in [2.24, 2.45) is 7.05 Å². The number of aryl methyl sites for hydroxylation is 1. The molecular formula is C10H18N4O. The predicted molar refractivity (Wildman–Crippen MR) is 56.1 cm³/mol. The molecule has 1 aliphatic rings. The molecule has 0 aromatic carbocycles. The Bertz CT molecular complexity index is 324. The van der Waals surface area contributed by atoms with Crippen LogP contribution in [0.5, 0.6) is 0 Å². The van der Waals surface area contributed by atoms with Crippen molar-refractivity contribution in [3.63, 3.8) is 0 Å². The van der Waals surface area contributed by atoms with Gasteiger partial charge in [-0.3, -0.25) is 4.90 Å². The van der Waals surface area contributed by atoms with Crippen LogP contribution in [0.4, 0.5) is 0 Å². The van der Waals surface area contributed by atoms with Gasteiger partial charge in [0.15, 0.2) is 0 Å². The van der Waals surface area contributed by atoms with Gasteiger partial charge in [-0.05, 0) is 19.8 Å². The van der Waals surface area contributed by atoms with Crippen molar-refractivity contribution < 1.29 is 5.11 Å². The van der Waals surface area contributed by atoms with Crippen LogP contribution >= 0.6 is 0 Å². The van der Waals surface area contributed by atoms with E-state index in [-0.39, 0.29) is 0 Å². The van der Waals surface area contributed by atoms with E-state index < -0.39 is 5.60 Å². The monoisotopic (exact) mass is 210 g/mol. The van der Waals surface area contributed by atoms with Crippen LogP contribution in [0.1, 0.15) is 25.6 Å². The molecule has 0 atom stereocenters. The van der Waals surface area contributed by atoms with E-state index in [0.717, 1.165) is 38.3 Å². The molecule has 1 fully saturated rings. The van der Waals surface area contributed by atoms with Gasteiger partial charge in [-0.25, -0.2) is 0 Å². The second-order valence-electron chi connectivity index (χ2n) is 4.63. The summed E-state index contributed by atoms with van der Waals surface area (Å²) < 4.78 is 1.94. The Hall–Kier alpha value is -0.940. The van der Waals surface area contributed by atoms with E-state index in [4.69, 9.17) is 0 Å². The lowest BCUT2D eigenvalue weighted by Gasteiger charge is -2.35. The van der Waals surface area contributed by atoms with Gasteiger partial charge in [0, 0.05) is 20.1 Å². The third-order valence-corrected chi connectivity index (χ3v) is 3.10. The van der Waals surface area contributed by atoms with E-state index in [2.05, 4.69) is 15.1 Å². The lowest BCUT2D eigenvalue weighted by Crippen LogP contribution is -2.42. The maximum atomic E-state index is 9.81. The summed E-state index contributed by atoms with van der Waals surface area (Å²) in [6.07, 6.45) is 3.39. The largest absolute Gasteiger partial charge is 0.390 e. The molecule has 1 aromatic rings. The minimum Gasteiger partial charge on any atom is -0.390 e. The van der Waals surface area contributed by atoms with Gasteiger partial charge in [0.1, 0.15) is 12.2 Å². The number of aliphatic hydroxyl groups is 1. The summed E-state index contributed by atoms with van der Waals surface area (Å²) >= 11 is 0. The molecule has 0 spiro atoms. The first-order chi connectivity index (χ1) is 7.07. The lowest BCUT2D eigenvalue weighted by molar-refractivity contribution is -0.00805. The van der Waals surface area contributed by atoms with Crippen molar-refractivity contribution in [1.82, 2.24) is 19.7 Å². The molecule has 2 rings (SSSR count). The first-order valence-corrected chi connectivity index (χ1v) is 5.34. The Kier molecular flexibility index (Phi) is 2.75. The van der Waals surface area contributed by atoms with E-state index in [0.29, 0.717) is 0 Å². The zero-order valence-electron chi connectivity index (χ0n) is 9.35. The standard InChI is InChI=1S/C10H18N4O/c1-10(15)3-5-14(6-4-10)7-9-12-11-8-13(9)2/h8,15H,3-7H2,1-2H3. The summed E-state index contributed by atoms with van der Waals surface area (Å²) in [6.45, 7) is 4.60. The van der Waals surface area contributed by atoms with E-state index in [1.54, 1.807) is 6.33 Å². The number of aromatic nitrogens is 3. The molecule has 5 nitrogen and oxygen atoms in total. The van der Waals surface area contributed by atoms with Gasteiger partial charge in [0.2, 0.25) is 0 Å². The molecule has 1 aliphatic heterocycles. The van der Waals surface area contributed by atoms with E-state index >= 15 is 0 Å². The average molecular weight is 210 g/mol. The molecule has 0 radical (unpaired) electrons. The van der Waals surface area contributed by atoms with E-state index in [1.807, 2.05) is 18.5 Å². The van der Waals surface area contributed by atoms with Crippen molar-refractivity contribution in [3.8, 4) is 0 Å². The molecule has 0 saturated carbocycles. The molecular weight excluding hydrogens is 192 g/mol. The van der Waals surface area contributed by atoms with E-state index in [9.17, 15) is 5.11 Å². The second-order valence-corrected chi connectivity index (χ2v) is 4.63. The fourth-order valence-corrected chi connectivity index (χ4v) is 1.84. The zero-order valence-corrected chi connectivity index (χ0v) is 9.35. The highest BCUT2D eigenvalue weighted by atomic mass is 16.3. The number of hydrogen-bond acceptors (Lipinski definition) is 4. The maximum Gasteiger partial charge on any atom is 0.146 e. The van der Waals surface area contributed by atoms with Gasteiger partial charge < -0.3 is 9.67 Å². The van der Waals surface area contributed by atoms with Crippen LogP contribution in [0.25, 0.3) is 0 Å². The Morgan fingerprint density at radius 3 is 2.67 bits per heavy atom. The molecule has 1 N–H and O–H groups in total. The second kappa shape index (κ2) is 3.90. The van der Waals surface area contributed by atoms with Crippen molar-refractivity contribution in [2.75, 3.05) is 13.1 Å². The number of rotatable bonds is 2. The van der Waals surface area contributed by atoms with Crippen LogP contribution < -0.4 is 0 Å². The minimum atomic E-state index is -0.476. The van der Waals surface area contributed by atoms with Crippen LogP contribution in [0.15, 0.2) is 6.33 Å². The van der Waals surface area contributed by atoms with E-state index in [1.165, 1.54) is 0 Å². The summed E-state index contributed by atoms with van der Waals surface area (Å²) in [6, 6.07) is 0. The first kappa shape index (κ1) is 10.6. The van der Waals surface area contributed by atoms with Gasteiger partial charge in [-0.15, -0.1) is 10.2 Å². The fraction of sp³-hybridized carbons (Fsp3) is 0.800. The van der Waals surface area contributed by atoms with Crippen LogP contribution in [-0.4, -0.2) is 43.5 Å². The Morgan fingerprint density at radius 2 is 2.13 bits per heavy atom. The molecule has 0 amide bonds. The van der Waals surface area contributed by atoms with Gasteiger partial charge in [-0.1, -0.05) is 0 Å². The maximum absolute atomic E-state index is 9.81. The van der Waals surface area contributed by atoms with Crippen LogP contribution in [0.3, 0.4) is 0 Å². The Morgan fingerprint density at radius 1 is 1.47 bits per heavy atom. The molecule has 0 unspecified atom stereocenters. The summed E-state index contributed by atoms with van der Waals surface area (Å²) in [7, 11) is 1.95. The first-order valence-electron chi connectivity index (χ1n) is 5.34. The number of hydrogen-bond donors (Lipinski definition) is 1. The average Bonchev–Trinajstić information content (AvgIpc) is 2.56. The molecule has 15 heavy (non-hydrogen) atoms. The van der Waals surface area contributed by atoms with Gasteiger partial charge >= 0.3 is 0 Å². The van der Waals surface area contributed by atoms with Crippen LogP contribution in [0.2, 0.25) is 0 Å². The number of likely N-dealkylation sites (tertiary alicyclic amines) is 1. The highest BCUT2D eigenvalue weighted by molar-refractivity contribution is 4.88. The lowest BCUT2D eigenvalue weighted by atomic mass is 9.94. The molecule has 2 heterocycles. The van der Waals surface area contributed by atoms with Crippen LogP contribution in [-0.2, 0) is 13.6 Å². The topological polar surface area (TPSA) is 54.2 Å². The van der Waals surface area contributed by atoms with Crippen molar-refractivity contribution in [3.05, 3.63) is 12.2 Å². The van der Waals surface area contributed by atoms with Gasteiger partial charge in [0.05, 0.1) is 12.1 Å². The minimum absolute atomic E-state index is 0.476. The molecule has 1 aromatic heterocycles. The molecule has 0 aliphatic carbocycles. The predicted octanol–water partition coefficient (Wildman–Crippen LogP) is 0.162. The summed E-state index contributed by atoms with van der Waals surface area (Å²) in [5.74, 6) is 0.983.